The Labute approximate surface area is 119 Å². The van der Waals surface area contributed by atoms with Gasteiger partial charge in [0.15, 0.2) is 0 Å². The minimum atomic E-state index is -0.323. The first-order valence-electron chi connectivity index (χ1n) is 7.10. The zero-order valence-corrected chi connectivity index (χ0v) is 12.4. The maximum Gasteiger partial charge on any atom is 0.220 e. The van der Waals surface area contributed by atoms with E-state index in [1.807, 2.05) is 0 Å². The van der Waals surface area contributed by atoms with Crippen molar-refractivity contribution in [2.75, 3.05) is 6.61 Å². The summed E-state index contributed by atoms with van der Waals surface area (Å²) in [4.78, 5) is 13.3. The standard InChI is InChI=1S/C15H23NO2S/c1-12-7-10-19-13(12)5-4-6-14(18)16-15(11-17)8-2-3-9-15/h7,10,17H,2-6,8-9,11H2,1H3,(H,16,18). The number of thiophene rings is 1. The average Bonchev–Trinajstić information content (AvgIpc) is 3.00. The summed E-state index contributed by atoms with van der Waals surface area (Å²) in [6, 6.07) is 2.12. The molecular formula is C15H23NO2S. The summed E-state index contributed by atoms with van der Waals surface area (Å²) < 4.78 is 0. The van der Waals surface area contributed by atoms with Gasteiger partial charge in [0, 0.05) is 11.3 Å². The highest BCUT2D eigenvalue weighted by Crippen LogP contribution is 2.29. The molecule has 3 nitrogen and oxygen atoms in total. The maximum absolute atomic E-state index is 12.0. The molecule has 0 unspecified atom stereocenters. The Morgan fingerprint density at radius 1 is 1.47 bits per heavy atom. The van der Waals surface area contributed by atoms with E-state index in [1.165, 1.54) is 10.4 Å². The van der Waals surface area contributed by atoms with E-state index in [4.69, 9.17) is 0 Å². The third-order valence-electron chi connectivity index (χ3n) is 4.04. The third-order valence-corrected chi connectivity index (χ3v) is 5.13. The number of rotatable bonds is 6. The molecule has 1 heterocycles. The number of carbonyl (C=O) groups is 1. The molecule has 0 aromatic carbocycles. The van der Waals surface area contributed by atoms with Crippen LogP contribution in [0.2, 0.25) is 0 Å². The third kappa shape index (κ3) is 3.80. The van der Waals surface area contributed by atoms with Crippen molar-refractivity contribution < 1.29 is 9.90 Å². The zero-order chi connectivity index (χ0) is 13.7. The van der Waals surface area contributed by atoms with Crippen LogP contribution in [0.1, 0.15) is 49.0 Å². The molecule has 0 spiro atoms. The van der Waals surface area contributed by atoms with Crippen LogP contribution in [0.4, 0.5) is 0 Å². The highest BCUT2D eigenvalue weighted by Gasteiger charge is 2.34. The fraction of sp³-hybridized carbons (Fsp3) is 0.667. The van der Waals surface area contributed by atoms with Crippen molar-refractivity contribution in [3.63, 3.8) is 0 Å². The number of hydrogen-bond donors (Lipinski definition) is 2. The second-order valence-corrected chi connectivity index (χ2v) is 6.57. The van der Waals surface area contributed by atoms with Gasteiger partial charge < -0.3 is 10.4 Å². The van der Waals surface area contributed by atoms with Crippen LogP contribution in [0.3, 0.4) is 0 Å². The summed E-state index contributed by atoms with van der Waals surface area (Å²) in [6.45, 7) is 2.19. The molecule has 0 atom stereocenters. The molecule has 19 heavy (non-hydrogen) atoms. The lowest BCUT2D eigenvalue weighted by molar-refractivity contribution is -0.123. The molecule has 2 N–H and O–H groups in total. The molecule has 1 aliphatic carbocycles. The van der Waals surface area contributed by atoms with E-state index >= 15 is 0 Å². The normalized spacial score (nSPS) is 17.6. The first-order valence-corrected chi connectivity index (χ1v) is 7.98. The van der Waals surface area contributed by atoms with Crippen molar-refractivity contribution in [2.24, 2.45) is 0 Å². The summed E-state index contributed by atoms with van der Waals surface area (Å²) in [6.07, 6.45) is 6.46. The second kappa shape index (κ2) is 6.53. The van der Waals surface area contributed by atoms with E-state index in [-0.39, 0.29) is 18.1 Å². The highest BCUT2D eigenvalue weighted by atomic mass is 32.1. The number of aryl methyl sites for hydroxylation is 2. The Bertz CT molecular complexity index is 422. The van der Waals surface area contributed by atoms with Gasteiger partial charge in [0.2, 0.25) is 5.91 Å². The van der Waals surface area contributed by atoms with E-state index in [2.05, 4.69) is 23.7 Å². The van der Waals surface area contributed by atoms with Gasteiger partial charge in [0.1, 0.15) is 0 Å². The zero-order valence-electron chi connectivity index (χ0n) is 11.6. The average molecular weight is 281 g/mol. The van der Waals surface area contributed by atoms with Gasteiger partial charge in [-0.2, -0.15) is 0 Å². The molecule has 1 aliphatic rings. The van der Waals surface area contributed by atoms with Crippen molar-refractivity contribution in [3.8, 4) is 0 Å². The number of hydrogen-bond acceptors (Lipinski definition) is 3. The van der Waals surface area contributed by atoms with Crippen LogP contribution in [-0.4, -0.2) is 23.2 Å². The minimum absolute atomic E-state index is 0.0722. The molecule has 0 saturated heterocycles. The molecule has 4 heteroatoms. The Morgan fingerprint density at radius 3 is 2.79 bits per heavy atom. The Morgan fingerprint density at radius 2 is 2.21 bits per heavy atom. The lowest BCUT2D eigenvalue weighted by atomic mass is 9.98. The number of aliphatic hydroxyl groups is 1. The highest BCUT2D eigenvalue weighted by molar-refractivity contribution is 7.10. The summed E-state index contributed by atoms with van der Waals surface area (Å²) in [5.41, 5.74) is 1.00. The first-order chi connectivity index (χ1) is 9.15. The van der Waals surface area contributed by atoms with Gasteiger partial charge >= 0.3 is 0 Å². The molecule has 1 fully saturated rings. The van der Waals surface area contributed by atoms with Crippen molar-refractivity contribution in [1.29, 1.82) is 0 Å². The van der Waals surface area contributed by atoms with Gasteiger partial charge in [-0.05, 0) is 49.6 Å². The molecule has 0 aliphatic heterocycles. The van der Waals surface area contributed by atoms with Gasteiger partial charge in [-0.1, -0.05) is 12.8 Å². The van der Waals surface area contributed by atoms with Crippen LogP contribution >= 0.6 is 11.3 Å². The predicted molar refractivity (Wildman–Crippen MR) is 78.4 cm³/mol. The molecule has 0 radical (unpaired) electrons. The summed E-state index contributed by atoms with van der Waals surface area (Å²) in [5, 5.41) is 14.6. The molecule has 1 amide bonds. The lowest BCUT2D eigenvalue weighted by Gasteiger charge is -2.28. The minimum Gasteiger partial charge on any atom is -0.394 e. The van der Waals surface area contributed by atoms with Crippen LogP contribution in [0.5, 0.6) is 0 Å². The molecule has 106 valence electrons. The van der Waals surface area contributed by atoms with Crippen molar-refractivity contribution in [3.05, 3.63) is 21.9 Å². The van der Waals surface area contributed by atoms with E-state index < -0.39 is 0 Å². The summed E-state index contributed by atoms with van der Waals surface area (Å²) >= 11 is 1.77. The van der Waals surface area contributed by atoms with Gasteiger partial charge in [0.25, 0.3) is 0 Å². The molecule has 1 aromatic rings. The first kappa shape index (κ1) is 14.5. The van der Waals surface area contributed by atoms with Crippen molar-refractivity contribution >= 4 is 17.2 Å². The van der Waals surface area contributed by atoms with Crippen LogP contribution in [0, 0.1) is 6.92 Å². The van der Waals surface area contributed by atoms with Crippen LogP contribution < -0.4 is 5.32 Å². The van der Waals surface area contributed by atoms with E-state index in [9.17, 15) is 9.90 Å². The van der Waals surface area contributed by atoms with Gasteiger partial charge in [-0.25, -0.2) is 0 Å². The molecule has 1 aromatic heterocycles. The van der Waals surface area contributed by atoms with Crippen LogP contribution in [0.25, 0.3) is 0 Å². The summed E-state index contributed by atoms with van der Waals surface area (Å²) in [5.74, 6) is 0.0881. The Kier molecular flexibility index (Phi) is 4.99. The fourth-order valence-electron chi connectivity index (χ4n) is 2.80. The number of carbonyl (C=O) groups excluding carboxylic acids is 1. The number of aliphatic hydroxyl groups excluding tert-OH is 1. The van der Waals surface area contributed by atoms with Gasteiger partial charge in [-0.3, -0.25) is 4.79 Å². The molecule has 2 rings (SSSR count). The Balaban J connectivity index is 1.74. The molecule has 1 saturated carbocycles. The predicted octanol–water partition coefficient (Wildman–Crippen LogP) is 2.80. The topological polar surface area (TPSA) is 49.3 Å². The van der Waals surface area contributed by atoms with Crippen molar-refractivity contribution in [2.45, 2.75) is 57.4 Å². The maximum atomic E-state index is 12.0. The van der Waals surface area contributed by atoms with Crippen LogP contribution in [0.15, 0.2) is 11.4 Å². The Hall–Kier alpha value is -0.870. The lowest BCUT2D eigenvalue weighted by Crippen LogP contribution is -2.49. The smallest absolute Gasteiger partial charge is 0.220 e. The van der Waals surface area contributed by atoms with E-state index in [0.29, 0.717) is 6.42 Å². The van der Waals surface area contributed by atoms with E-state index in [1.54, 1.807) is 11.3 Å². The fourth-order valence-corrected chi connectivity index (χ4v) is 3.75. The van der Waals surface area contributed by atoms with Crippen molar-refractivity contribution in [1.82, 2.24) is 5.32 Å². The number of nitrogens with one attached hydrogen (secondary N) is 1. The van der Waals surface area contributed by atoms with Gasteiger partial charge in [0.05, 0.1) is 12.1 Å². The monoisotopic (exact) mass is 281 g/mol. The van der Waals surface area contributed by atoms with E-state index in [0.717, 1.165) is 38.5 Å². The molecular weight excluding hydrogens is 258 g/mol. The quantitative estimate of drug-likeness (QED) is 0.842. The number of amides is 1. The van der Waals surface area contributed by atoms with Crippen LogP contribution in [-0.2, 0) is 11.2 Å². The molecule has 0 bridgehead atoms. The largest absolute Gasteiger partial charge is 0.394 e. The summed E-state index contributed by atoms with van der Waals surface area (Å²) in [7, 11) is 0. The van der Waals surface area contributed by atoms with Gasteiger partial charge in [-0.15, -0.1) is 11.3 Å². The SMILES string of the molecule is Cc1ccsc1CCCC(=O)NC1(CO)CCCC1. The second-order valence-electron chi connectivity index (χ2n) is 5.57.